The van der Waals surface area contributed by atoms with Gasteiger partial charge >= 0.3 is 0 Å². The van der Waals surface area contributed by atoms with Crippen LogP contribution in [0.2, 0.25) is 0 Å². The summed E-state index contributed by atoms with van der Waals surface area (Å²) in [6, 6.07) is 0. The molecule has 0 atom stereocenters. The highest BCUT2D eigenvalue weighted by atomic mass is 32.1. The monoisotopic (exact) mass is 299 g/mol. The van der Waals surface area contributed by atoms with Crippen molar-refractivity contribution in [2.24, 2.45) is 0 Å². The maximum atomic E-state index is 4.81. The van der Waals surface area contributed by atoms with Gasteiger partial charge in [-0.1, -0.05) is 0 Å². The molecule has 0 saturated carbocycles. The number of hydrogen-bond donors (Lipinski definition) is 1. The number of thiazole rings is 1. The average Bonchev–Trinajstić information content (AvgIpc) is 3.17. The van der Waals surface area contributed by atoms with E-state index in [1.807, 2.05) is 30.7 Å². The molecule has 6 heteroatoms. The Bertz CT molecular complexity index is 743. The molecule has 1 aliphatic rings. The van der Waals surface area contributed by atoms with Gasteiger partial charge in [-0.15, -0.1) is 11.3 Å². The second-order valence-corrected chi connectivity index (χ2v) is 6.61. The number of nitrogens with one attached hydrogen (secondary N) is 1. The first kappa shape index (κ1) is 12.8. The molecule has 21 heavy (non-hydrogen) atoms. The fourth-order valence-corrected chi connectivity index (χ4v) is 4.01. The summed E-state index contributed by atoms with van der Waals surface area (Å²) in [4.78, 5) is 18.2. The standard InChI is InChI=1S/C15H17N5S/c1-10-14(18-9-17-10)15-16-6-7-20(15)8-13-19-11-4-2-3-5-12(11)21-13/h6-7,9H,2-5,8H2,1H3,(H,17,18). The Morgan fingerprint density at radius 3 is 3.00 bits per heavy atom. The van der Waals surface area contributed by atoms with Crippen molar-refractivity contribution in [2.75, 3.05) is 0 Å². The zero-order chi connectivity index (χ0) is 14.2. The van der Waals surface area contributed by atoms with Crippen LogP contribution in [0.15, 0.2) is 18.7 Å². The van der Waals surface area contributed by atoms with Gasteiger partial charge in [-0.3, -0.25) is 0 Å². The normalized spacial score (nSPS) is 14.3. The SMILES string of the molecule is Cc1[nH]cnc1-c1nccn1Cc1nc2c(s1)CCCC2. The molecule has 0 aromatic carbocycles. The van der Waals surface area contributed by atoms with Gasteiger partial charge in [-0.2, -0.15) is 0 Å². The van der Waals surface area contributed by atoms with Gasteiger partial charge in [0.15, 0.2) is 5.82 Å². The summed E-state index contributed by atoms with van der Waals surface area (Å²) in [6.07, 6.45) is 10.5. The Labute approximate surface area is 127 Å². The maximum Gasteiger partial charge on any atom is 0.160 e. The van der Waals surface area contributed by atoms with Gasteiger partial charge in [0.05, 0.1) is 18.6 Å². The molecule has 0 saturated heterocycles. The molecule has 0 radical (unpaired) electrons. The summed E-state index contributed by atoms with van der Waals surface area (Å²) >= 11 is 1.86. The van der Waals surface area contributed by atoms with E-state index in [-0.39, 0.29) is 0 Å². The minimum Gasteiger partial charge on any atom is -0.348 e. The van der Waals surface area contributed by atoms with Gasteiger partial charge in [0.2, 0.25) is 0 Å². The van der Waals surface area contributed by atoms with Crippen molar-refractivity contribution in [3.8, 4) is 11.5 Å². The second kappa shape index (κ2) is 5.11. The van der Waals surface area contributed by atoms with Crippen molar-refractivity contribution >= 4 is 11.3 Å². The van der Waals surface area contributed by atoms with Gasteiger partial charge in [-0.25, -0.2) is 15.0 Å². The largest absolute Gasteiger partial charge is 0.348 e. The fourth-order valence-electron chi connectivity index (χ4n) is 2.86. The topological polar surface area (TPSA) is 59.4 Å². The van der Waals surface area contributed by atoms with Crippen molar-refractivity contribution < 1.29 is 0 Å². The molecule has 0 amide bonds. The van der Waals surface area contributed by atoms with Crippen LogP contribution in [0.5, 0.6) is 0 Å². The molecule has 3 aromatic rings. The number of aromatic amines is 1. The minimum atomic E-state index is 0.777. The maximum absolute atomic E-state index is 4.81. The number of H-pyrrole nitrogens is 1. The molecule has 5 nitrogen and oxygen atoms in total. The van der Waals surface area contributed by atoms with Crippen LogP contribution in [-0.2, 0) is 19.4 Å². The molecule has 0 spiro atoms. The Kier molecular flexibility index (Phi) is 3.11. The third-order valence-corrected chi connectivity index (χ3v) is 5.09. The summed E-state index contributed by atoms with van der Waals surface area (Å²) in [6.45, 7) is 2.79. The second-order valence-electron chi connectivity index (χ2n) is 5.44. The van der Waals surface area contributed by atoms with E-state index in [1.165, 1.54) is 34.8 Å². The summed E-state index contributed by atoms with van der Waals surface area (Å²) in [7, 11) is 0. The lowest BCUT2D eigenvalue weighted by atomic mass is 10.0. The minimum absolute atomic E-state index is 0.777. The van der Waals surface area contributed by atoms with E-state index in [2.05, 4.69) is 19.5 Å². The highest BCUT2D eigenvalue weighted by Crippen LogP contribution is 2.28. The van der Waals surface area contributed by atoms with E-state index in [1.54, 1.807) is 6.33 Å². The summed E-state index contributed by atoms with van der Waals surface area (Å²) in [5, 5.41) is 1.18. The first-order valence-corrected chi connectivity index (χ1v) is 8.12. The van der Waals surface area contributed by atoms with Gasteiger partial charge < -0.3 is 9.55 Å². The number of imidazole rings is 2. The number of aryl methyl sites for hydroxylation is 3. The predicted octanol–water partition coefficient (Wildman–Crippen LogP) is 2.97. The molecular weight excluding hydrogens is 282 g/mol. The molecule has 3 heterocycles. The van der Waals surface area contributed by atoms with Gasteiger partial charge in [0.1, 0.15) is 10.7 Å². The van der Waals surface area contributed by atoms with E-state index < -0.39 is 0 Å². The van der Waals surface area contributed by atoms with Crippen molar-refractivity contribution in [3.63, 3.8) is 0 Å². The molecule has 0 fully saturated rings. The zero-order valence-corrected chi connectivity index (χ0v) is 12.8. The number of rotatable bonds is 3. The van der Waals surface area contributed by atoms with E-state index in [9.17, 15) is 0 Å². The van der Waals surface area contributed by atoms with Crippen molar-refractivity contribution in [3.05, 3.63) is 40.0 Å². The van der Waals surface area contributed by atoms with Gasteiger partial charge in [-0.05, 0) is 32.6 Å². The third-order valence-electron chi connectivity index (χ3n) is 3.95. The summed E-state index contributed by atoms with van der Waals surface area (Å²) < 4.78 is 2.13. The smallest absolute Gasteiger partial charge is 0.160 e. The van der Waals surface area contributed by atoms with Crippen molar-refractivity contribution in [1.82, 2.24) is 24.5 Å². The Balaban J connectivity index is 1.65. The van der Waals surface area contributed by atoms with Crippen LogP contribution in [-0.4, -0.2) is 24.5 Å². The molecule has 108 valence electrons. The van der Waals surface area contributed by atoms with Crippen LogP contribution in [0.1, 0.15) is 34.1 Å². The van der Waals surface area contributed by atoms with E-state index >= 15 is 0 Å². The summed E-state index contributed by atoms with van der Waals surface area (Å²) in [5.74, 6) is 0.905. The van der Waals surface area contributed by atoms with Gasteiger partial charge in [0, 0.05) is 23.0 Å². The Morgan fingerprint density at radius 1 is 1.29 bits per heavy atom. The van der Waals surface area contributed by atoms with Gasteiger partial charge in [0.25, 0.3) is 0 Å². The first-order valence-electron chi connectivity index (χ1n) is 7.30. The Hall–Kier alpha value is -1.95. The highest BCUT2D eigenvalue weighted by molar-refractivity contribution is 7.11. The molecule has 0 aliphatic heterocycles. The van der Waals surface area contributed by atoms with Crippen molar-refractivity contribution in [2.45, 2.75) is 39.2 Å². The van der Waals surface area contributed by atoms with Crippen LogP contribution in [0.4, 0.5) is 0 Å². The molecule has 1 aliphatic carbocycles. The van der Waals surface area contributed by atoms with E-state index in [0.717, 1.165) is 30.2 Å². The highest BCUT2D eigenvalue weighted by Gasteiger charge is 2.17. The van der Waals surface area contributed by atoms with Crippen LogP contribution in [0, 0.1) is 6.92 Å². The molecular formula is C15H17N5S. The quantitative estimate of drug-likeness (QED) is 0.809. The van der Waals surface area contributed by atoms with Crippen molar-refractivity contribution in [1.29, 1.82) is 0 Å². The number of fused-ring (bicyclic) bond motifs is 1. The van der Waals surface area contributed by atoms with E-state index in [0.29, 0.717) is 0 Å². The van der Waals surface area contributed by atoms with Crippen LogP contribution >= 0.6 is 11.3 Å². The lowest BCUT2D eigenvalue weighted by Gasteiger charge is -2.06. The van der Waals surface area contributed by atoms with Crippen LogP contribution in [0.25, 0.3) is 11.5 Å². The number of aromatic nitrogens is 5. The molecule has 4 rings (SSSR count). The van der Waals surface area contributed by atoms with E-state index in [4.69, 9.17) is 4.98 Å². The molecule has 3 aromatic heterocycles. The van der Waals surface area contributed by atoms with Crippen LogP contribution < -0.4 is 0 Å². The first-order chi connectivity index (χ1) is 10.3. The number of nitrogens with zero attached hydrogens (tertiary/aromatic N) is 4. The Morgan fingerprint density at radius 2 is 2.19 bits per heavy atom. The molecule has 0 unspecified atom stereocenters. The lowest BCUT2D eigenvalue weighted by molar-refractivity contribution is 0.678. The molecule has 1 N–H and O–H groups in total. The average molecular weight is 299 g/mol. The third kappa shape index (κ3) is 2.29. The zero-order valence-electron chi connectivity index (χ0n) is 12.0. The fraction of sp³-hybridized carbons (Fsp3) is 0.400. The predicted molar refractivity (Wildman–Crippen MR) is 82.4 cm³/mol. The molecule has 0 bridgehead atoms. The summed E-state index contributed by atoms with van der Waals surface area (Å²) in [5.41, 5.74) is 3.28. The number of hydrogen-bond acceptors (Lipinski definition) is 4. The van der Waals surface area contributed by atoms with Crippen LogP contribution in [0.3, 0.4) is 0 Å². The lowest BCUT2D eigenvalue weighted by Crippen LogP contribution is -2.02.